The van der Waals surface area contributed by atoms with Crippen molar-refractivity contribution < 1.29 is 18.7 Å². The summed E-state index contributed by atoms with van der Waals surface area (Å²) in [6.07, 6.45) is 1.54. The number of amides is 1. The summed E-state index contributed by atoms with van der Waals surface area (Å²) in [5.41, 5.74) is 2.50. The summed E-state index contributed by atoms with van der Waals surface area (Å²) in [4.78, 5) is 33.1. The molecular formula is C24H21N3O4. The highest BCUT2D eigenvalue weighted by molar-refractivity contribution is 6.08. The first-order valence-corrected chi connectivity index (χ1v) is 10.2. The second-order valence-corrected chi connectivity index (χ2v) is 7.37. The van der Waals surface area contributed by atoms with Crippen LogP contribution >= 0.6 is 0 Å². The fourth-order valence-electron chi connectivity index (χ4n) is 4.17. The number of anilines is 1. The van der Waals surface area contributed by atoms with E-state index in [1.165, 1.54) is 6.26 Å². The Labute approximate surface area is 178 Å². The number of hydrogen-bond donors (Lipinski definition) is 0. The molecule has 4 aromatic rings. The number of esters is 1. The number of benzene rings is 2. The molecule has 7 heteroatoms. The third-order valence-corrected chi connectivity index (χ3v) is 5.50. The topological polar surface area (TPSA) is 77.6 Å². The molecule has 2 aromatic carbocycles. The van der Waals surface area contributed by atoms with Gasteiger partial charge >= 0.3 is 5.97 Å². The number of hydrogen-bond acceptors (Lipinski definition) is 5. The minimum Gasteiger partial charge on any atom is -0.467 e. The number of carbonyl (C=O) groups excluding carboxylic acids is 2. The Balaban J connectivity index is 1.74. The van der Waals surface area contributed by atoms with E-state index in [1.807, 2.05) is 59.2 Å². The molecule has 0 bridgehead atoms. The first-order chi connectivity index (χ1) is 15.2. The number of para-hydroxylation sites is 2. The van der Waals surface area contributed by atoms with Crippen LogP contribution in [0.3, 0.4) is 0 Å². The molecule has 0 aliphatic carbocycles. The molecule has 5 rings (SSSR count). The zero-order valence-corrected chi connectivity index (χ0v) is 17.0. The van der Waals surface area contributed by atoms with Crippen LogP contribution in [0.25, 0.3) is 11.0 Å². The molecule has 2 aromatic heterocycles. The van der Waals surface area contributed by atoms with E-state index in [0.717, 1.165) is 16.6 Å². The number of nitrogens with zero attached hydrogens (tertiary/aromatic N) is 3. The second kappa shape index (κ2) is 7.75. The average Bonchev–Trinajstić information content (AvgIpc) is 3.44. The molecule has 156 valence electrons. The summed E-state index contributed by atoms with van der Waals surface area (Å²) in [7, 11) is 0. The number of aromatic nitrogens is 2. The maximum atomic E-state index is 13.7. The minimum absolute atomic E-state index is 0.184. The van der Waals surface area contributed by atoms with E-state index in [2.05, 4.69) is 0 Å². The number of fused-ring (bicyclic) bond motifs is 3. The predicted molar refractivity (Wildman–Crippen MR) is 114 cm³/mol. The smallest absolute Gasteiger partial charge is 0.321 e. The maximum Gasteiger partial charge on any atom is 0.321 e. The molecule has 7 nitrogen and oxygen atoms in total. The minimum atomic E-state index is -1.08. The fraction of sp³-hybridized carbons (Fsp3) is 0.208. The van der Waals surface area contributed by atoms with Crippen LogP contribution in [0.1, 0.15) is 24.3 Å². The lowest BCUT2D eigenvalue weighted by molar-refractivity contribution is -0.153. The van der Waals surface area contributed by atoms with Gasteiger partial charge in [0.15, 0.2) is 5.92 Å². The number of carbonyl (C=O) groups is 2. The summed E-state index contributed by atoms with van der Waals surface area (Å²) < 4.78 is 12.9. The Bertz CT molecular complexity index is 1230. The predicted octanol–water partition coefficient (Wildman–Crippen LogP) is 3.94. The lowest BCUT2D eigenvalue weighted by Crippen LogP contribution is -2.49. The molecule has 1 aliphatic rings. The normalized spacial score (nSPS) is 18.2. The maximum absolute atomic E-state index is 13.7. The van der Waals surface area contributed by atoms with Crippen LogP contribution in [-0.4, -0.2) is 28.0 Å². The molecule has 1 amide bonds. The van der Waals surface area contributed by atoms with Gasteiger partial charge in [-0.3, -0.25) is 19.1 Å². The van der Waals surface area contributed by atoms with E-state index < -0.39 is 17.9 Å². The highest BCUT2D eigenvalue weighted by Gasteiger charge is 2.49. The van der Waals surface area contributed by atoms with Gasteiger partial charge in [0, 0.05) is 0 Å². The van der Waals surface area contributed by atoms with Gasteiger partial charge in [0.1, 0.15) is 11.8 Å². The molecule has 0 saturated heterocycles. The van der Waals surface area contributed by atoms with Crippen molar-refractivity contribution in [3.05, 3.63) is 84.3 Å². The zero-order valence-electron chi connectivity index (χ0n) is 17.0. The fourth-order valence-corrected chi connectivity index (χ4v) is 4.17. The van der Waals surface area contributed by atoms with Crippen molar-refractivity contribution in [3.8, 4) is 0 Å². The third-order valence-electron chi connectivity index (χ3n) is 5.50. The number of imidazole rings is 1. The lowest BCUT2D eigenvalue weighted by Gasteiger charge is -2.36. The van der Waals surface area contributed by atoms with E-state index >= 15 is 0 Å². The van der Waals surface area contributed by atoms with Crippen molar-refractivity contribution in [1.29, 1.82) is 0 Å². The second-order valence-electron chi connectivity index (χ2n) is 7.37. The molecule has 1 aliphatic heterocycles. The highest BCUT2D eigenvalue weighted by Crippen LogP contribution is 2.41. The average molecular weight is 415 g/mol. The van der Waals surface area contributed by atoms with Crippen molar-refractivity contribution in [1.82, 2.24) is 9.55 Å². The van der Waals surface area contributed by atoms with Gasteiger partial charge < -0.3 is 9.15 Å². The van der Waals surface area contributed by atoms with Gasteiger partial charge in [-0.25, -0.2) is 4.98 Å². The number of ether oxygens (including phenoxy) is 1. The van der Waals surface area contributed by atoms with E-state index in [1.54, 1.807) is 24.0 Å². The first kappa shape index (κ1) is 19.1. The summed E-state index contributed by atoms with van der Waals surface area (Å²) in [6, 6.07) is 20.1. The summed E-state index contributed by atoms with van der Waals surface area (Å²) in [5, 5.41) is 0. The first-order valence-electron chi connectivity index (χ1n) is 10.2. The highest BCUT2D eigenvalue weighted by atomic mass is 16.5. The van der Waals surface area contributed by atoms with Gasteiger partial charge in [-0.1, -0.05) is 42.5 Å². The van der Waals surface area contributed by atoms with Crippen LogP contribution in [-0.2, 0) is 20.9 Å². The molecule has 0 N–H and O–H groups in total. The van der Waals surface area contributed by atoms with E-state index in [4.69, 9.17) is 14.1 Å². The standard InChI is InChI=1S/C24H21N3O4/c1-2-30-23(29)20-21(19-13-8-14-31-19)27-18-12-7-6-11-17(18)25-24(27)26(22(20)28)15-16-9-4-3-5-10-16/h3-14,20-21H,2,15H2,1H3/t20-,21+/m1/s1. The zero-order chi connectivity index (χ0) is 21.4. The molecule has 3 heterocycles. The van der Waals surface area contributed by atoms with Gasteiger partial charge in [0.2, 0.25) is 11.9 Å². The van der Waals surface area contributed by atoms with Crippen LogP contribution in [0.5, 0.6) is 0 Å². The Morgan fingerprint density at radius 2 is 1.84 bits per heavy atom. The molecule has 31 heavy (non-hydrogen) atoms. The van der Waals surface area contributed by atoms with E-state index in [9.17, 15) is 9.59 Å². The van der Waals surface area contributed by atoms with Crippen molar-refractivity contribution >= 4 is 28.9 Å². The van der Waals surface area contributed by atoms with Gasteiger partial charge in [0.05, 0.1) is 30.4 Å². The van der Waals surface area contributed by atoms with Crippen molar-refractivity contribution in [2.45, 2.75) is 19.5 Å². The molecule has 0 unspecified atom stereocenters. The van der Waals surface area contributed by atoms with Crippen LogP contribution < -0.4 is 4.90 Å². The molecule has 2 atom stereocenters. The largest absolute Gasteiger partial charge is 0.467 e. The number of rotatable bonds is 5. The van der Waals surface area contributed by atoms with Crippen LogP contribution in [0.4, 0.5) is 5.95 Å². The van der Waals surface area contributed by atoms with Crippen LogP contribution in [0.15, 0.2) is 77.4 Å². The van der Waals surface area contributed by atoms with E-state index in [-0.39, 0.29) is 12.5 Å². The Morgan fingerprint density at radius 3 is 2.58 bits per heavy atom. The van der Waals surface area contributed by atoms with Crippen molar-refractivity contribution in [3.63, 3.8) is 0 Å². The molecule has 0 fully saturated rings. The molecular weight excluding hydrogens is 394 g/mol. The van der Waals surface area contributed by atoms with E-state index in [0.29, 0.717) is 18.3 Å². The Morgan fingerprint density at radius 1 is 1.06 bits per heavy atom. The van der Waals surface area contributed by atoms with Gasteiger partial charge in [-0.05, 0) is 36.8 Å². The van der Waals surface area contributed by atoms with Gasteiger partial charge in [-0.15, -0.1) is 0 Å². The summed E-state index contributed by atoms with van der Waals surface area (Å²) in [6.45, 7) is 2.21. The molecule has 0 saturated carbocycles. The van der Waals surface area contributed by atoms with Crippen LogP contribution in [0.2, 0.25) is 0 Å². The Kier molecular flexibility index (Phi) is 4.78. The SMILES string of the molecule is CCOC(=O)[C@H]1C(=O)N(Cc2ccccc2)c2nc3ccccc3n2[C@H]1c1ccco1. The van der Waals surface area contributed by atoms with Crippen molar-refractivity contribution in [2.75, 3.05) is 11.5 Å². The van der Waals surface area contributed by atoms with Crippen molar-refractivity contribution in [2.24, 2.45) is 5.92 Å². The lowest BCUT2D eigenvalue weighted by atomic mass is 9.93. The van der Waals surface area contributed by atoms with Crippen LogP contribution in [0, 0.1) is 5.92 Å². The monoisotopic (exact) mass is 415 g/mol. The van der Waals surface area contributed by atoms with Gasteiger partial charge in [0.25, 0.3) is 0 Å². The number of furan rings is 1. The quantitative estimate of drug-likeness (QED) is 0.364. The summed E-state index contributed by atoms with van der Waals surface area (Å²) in [5.74, 6) is -1.02. The molecule has 0 spiro atoms. The van der Waals surface area contributed by atoms with Gasteiger partial charge in [-0.2, -0.15) is 0 Å². The Hall–Kier alpha value is -3.87. The summed E-state index contributed by atoms with van der Waals surface area (Å²) >= 11 is 0. The third kappa shape index (κ3) is 3.18. The molecule has 0 radical (unpaired) electrons.